The van der Waals surface area contributed by atoms with Crippen LogP contribution in [0.2, 0.25) is 0 Å². The van der Waals surface area contributed by atoms with Crippen molar-refractivity contribution in [2.75, 3.05) is 25.0 Å². The Kier molecular flexibility index (Phi) is 9.42. The number of nitrogens with zero attached hydrogens (tertiary/aromatic N) is 1. The van der Waals surface area contributed by atoms with Gasteiger partial charge in [-0.3, -0.25) is 9.59 Å². The molecule has 8 nitrogen and oxygen atoms in total. The van der Waals surface area contributed by atoms with Gasteiger partial charge in [0.15, 0.2) is 0 Å². The number of carbonyl (C=O) groups is 3. The molecule has 0 heterocycles. The summed E-state index contributed by atoms with van der Waals surface area (Å²) in [6.07, 6.45) is -0.738. The number of aliphatic hydroxyl groups excluding tert-OH is 1. The topological polar surface area (TPSA) is 108 Å². The molecule has 1 unspecified atom stereocenters. The molecule has 2 rings (SSSR count). The third-order valence-electron chi connectivity index (χ3n) is 5.46. The van der Waals surface area contributed by atoms with Crippen LogP contribution in [0, 0.1) is 27.7 Å². The van der Waals surface area contributed by atoms with Gasteiger partial charge < -0.3 is 25.4 Å². The molecule has 0 radical (unpaired) electrons. The van der Waals surface area contributed by atoms with Gasteiger partial charge in [-0.2, -0.15) is 0 Å². The highest BCUT2D eigenvalue weighted by Gasteiger charge is 2.33. The second-order valence-corrected chi connectivity index (χ2v) is 9.68. The van der Waals surface area contributed by atoms with Gasteiger partial charge in [0.25, 0.3) is 5.91 Å². The fraction of sp³-hybridized carbons (Fsp3) is 0.444. The molecule has 8 heteroatoms. The van der Waals surface area contributed by atoms with Crippen LogP contribution in [0.4, 0.5) is 10.5 Å². The fourth-order valence-corrected chi connectivity index (χ4v) is 3.78. The number of para-hydroxylation sites is 1. The van der Waals surface area contributed by atoms with E-state index in [1.807, 2.05) is 64.1 Å². The van der Waals surface area contributed by atoms with E-state index in [0.29, 0.717) is 11.3 Å². The molecule has 0 saturated heterocycles. The highest BCUT2D eigenvalue weighted by atomic mass is 16.6. The molecule has 0 saturated carbocycles. The second kappa shape index (κ2) is 11.8. The van der Waals surface area contributed by atoms with E-state index in [1.165, 1.54) is 4.90 Å². The number of aryl methyl sites for hydroxylation is 4. The molecule has 0 spiro atoms. The van der Waals surface area contributed by atoms with Crippen molar-refractivity contribution >= 4 is 23.6 Å². The molecular formula is C27H37N3O5. The minimum absolute atomic E-state index is 0.0902. The van der Waals surface area contributed by atoms with Gasteiger partial charge in [0.05, 0.1) is 6.61 Å². The van der Waals surface area contributed by atoms with E-state index in [9.17, 15) is 19.5 Å². The molecule has 3 amide bonds. The Morgan fingerprint density at radius 1 is 1.00 bits per heavy atom. The number of hydrogen-bond donors (Lipinski definition) is 3. The van der Waals surface area contributed by atoms with Gasteiger partial charge in [-0.05, 0) is 70.7 Å². The minimum atomic E-state index is -1.02. The molecular weight excluding hydrogens is 446 g/mol. The first kappa shape index (κ1) is 27.9. The van der Waals surface area contributed by atoms with Gasteiger partial charge in [0, 0.05) is 12.2 Å². The summed E-state index contributed by atoms with van der Waals surface area (Å²) in [5.74, 6) is -0.928. The predicted octanol–water partition coefficient (Wildman–Crippen LogP) is 3.95. The van der Waals surface area contributed by atoms with Crippen LogP contribution in [0.15, 0.2) is 36.4 Å². The smallest absolute Gasteiger partial charge is 0.408 e. The maximum absolute atomic E-state index is 13.7. The van der Waals surface area contributed by atoms with E-state index in [4.69, 9.17) is 4.74 Å². The van der Waals surface area contributed by atoms with E-state index in [2.05, 4.69) is 10.6 Å². The maximum Gasteiger partial charge on any atom is 0.408 e. The maximum atomic E-state index is 13.7. The van der Waals surface area contributed by atoms with E-state index < -0.39 is 29.6 Å². The lowest BCUT2D eigenvalue weighted by atomic mass is 9.96. The van der Waals surface area contributed by atoms with Gasteiger partial charge in [-0.25, -0.2) is 4.79 Å². The lowest BCUT2D eigenvalue weighted by Gasteiger charge is -2.32. The number of amides is 3. The summed E-state index contributed by atoms with van der Waals surface area (Å²) in [4.78, 5) is 40.4. The van der Waals surface area contributed by atoms with Crippen molar-refractivity contribution in [3.05, 3.63) is 64.2 Å². The number of rotatable bonds is 8. The van der Waals surface area contributed by atoms with Gasteiger partial charge in [-0.15, -0.1) is 0 Å². The van der Waals surface area contributed by atoms with Gasteiger partial charge in [-0.1, -0.05) is 42.0 Å². The molecule has 3 N–H and O–H groups in total. The van der Waals surface area contributed by atoms with Gasteiger partial charge in [0.1, 0.15) is 18.2 Å². The molecule has 1 atom stereocenters. The average Bonchev–Trinajstić information content (AvgIpc) is 2.75. The quantitative estimate of drug-likeness (QED) is 0.527. The summed E-state index contributed by atoms with van der Waals surface area (Å²) in [6.45, 7) is 11.9. The van der Waals surface area contributed by atoms with E-state index in [-0.39, 0.29) is 19.7 Å². The summed E-state index contributed by atoms with van der Waals surface area (Å²) in [5.41, 5.74) is 4.15. The largest absolute Gasteiger partial charge is 0.444 e. The van der Waals surface area contributed by atoms with Crippen molar-refractivity contribution < 1.29 is 24.2 Å². The van der Waals surface area contributed by atoms with Crippen molar-refractivity contribution in [2.24, 2.45) is 0 Å². The molecule has 35 heavy (non-hydrogen) atoms. The summed E-state index contributed by atoms with van der Waals surface area (Å²) in [5, 5.41) is 15.2. The van der Waals surface area contributed by atoms with E-state index >= 15 is 0 Å². The van der Waals surface area contributed by atoms with Crippen LogP contribution in [0.3, 0.4) is 0 Å². The zero-order valence-corrected chi connectivity index (χ0v) is 21.7. The first-order chi connectivity index (χ1) is 16.3. The third kappa shape index (κ3) is 7.82. The number of alkyl carbamates (subject to hydrolysis) is 1. The number of hydrogen-bond acceptors (Lipinski definition) is 5. The lowest BCUT2D eigenvalue weighted by Crippen LogP contribution is -2.47. The molecule has 0 aliphatic carbocycles. The van der Waals surface area contributed by atoms with E-state index in [0.717, 1.165) is 22.3 Å². The van der Waals surface area contributed by atoms with Gasteiger partial charge >= 0.3 is 6.09 Å². The standard InChI is InChI=1S/C27H37N3O5/c1-17-11-12-18(2)21(15-17)24(25(33)29-23-19(3)9-8-10-20(23)4)30(13-14-31)22(32)16-28-26(34)35-27(5,6)7/h8-12,15,24,31H,13-14,16H2,1-7H3,(H,28,34)(H,29,33). The number of benzene rings is 2. The highest BCUT2D eigenvalue weighted by molar-refractivity contribution is 5.99. The Balaban J connectivity index is 2.43. The van der Waals surface area contributed by atoms with Crippen molar-refractivity contribution in [1.29, 1.82) is 0 Å². The zero-order chi connectivity index (χ0) is 26.3. The number of carbonyl (C=O) groups excluding carboxylic acids is 3. The van der Waals surface area contributed by atoms with Crippen LogP contribution >= 0.6 is 0 Å². The van der Waals surface area contributed by atoms with Crippen molar-refractivity contribution in [2.45, 2.75) is 60.1 Å². The van der Waals surface area contributed by atoms with Crippen molar-refractivity contribution in [1.82, 2.24) is 10.2 Å². The minimum Gasteiger partial charge on any atom is -0.444 e. The molecule has 0 fully saturated rings. The zero-order valence-electron chi connectivity index (χ0n) is 21.7. The van der Waals surface area contributed by atoms with E-state index in [1.54, 1.807) is 20.8 Å². The van der Waals surface area contributed by atoms with Crippen molar-refractivity contribution in [3.63, 3.8) is 0 Å². The molecule has 0 aliphatic rings. The molecule has 0 aromatic heterocycles. The van der Waals surface area contributed by atoms with Crippen LogP contribution in [-0.4, -0.2) is 53.2 Å². The first-order valence-corrected chi connectivity index (χ1v) is 11.7. The summed E-state index contributed by atoms with van der Waals surface area (Å²) < 4.78 is 5.21. The van der Waals surface area contributed by atoms with Gasteiger partial charge in [0.2, 0.25) is 5.91 Å². The molecule has 190 valence electrons. The van der Waals surface area contributed by atoms with Crippen LogP contribution in [0.5, 0.6) is 0 Å². The Morgan fingerprint density at radius 2 is 1.63 bits per heavy atom. The summed E-state index contributed by atoms with van der Waals surface area (Å²) in [6, 6.07) is 10.4. The predicted molar refractivity (Wildman–Crippen MR) is 136 cm³/mol. The third-order valence-corrected chi connectivity index (χ3v) is 5.46. The number of ether oxygens (including phenoxy) is 1. The lowest BCUT2D eigenvalue weighted by molar-refractivity contribution is -0.138. The average molecular weight is 484 g/mol. The second-order valence-electron chi connectivity index (χ2n) is 9.68. The molecule has 2 aromatic carbocycles. The monoisotopic (exact) mass is 483 g/mol. The first-order valence-electron chi connectivity index (χ1n) is 11.7. The SMILES string of the molecule is Cc1ccc(C)c(C(C(=O)Nc2c(C)cccc2C)N(CCO)C(=O)CNC(=O)OC(C)(C)C)c1. The highest BCUT2D eigenvalue weighted by Crippen LogP contribution is 2.29. The molecule has 0 bridgehead atoms. The van der Waals surface area contributed by atoms with Crippen LogP contribution in [0.1, 0.15) is 54.6 Å². The normalized spacial score (nSPS) is 12.0. The van der Waals surface area contributed by atoms with Crippen LogP contribution in [-0.2, 0) is 14.3 Å². The Hall–Kier alpha value is -3.39. The Morgan fingerprint density at radius 3 is 2.20 bits per heavy atom. The van der Waals surface area contributed by atoms with Crippen LogP contribution < -0.4 is 10.6 Å². The molecule has 0 aliphatic heterocycles. The summed E-state index contributed by atoms with van der Waals surface area (Å²) in [7, 11) is 0. The summed E-state index contributed by atoms with van der Waals surface area (Å²) >= 11 is 0. The number of anilines is 1. The number of aliphatic hydroxyl groups is 1. The van der Waals surface area contributed by atoms with Crippen molar-refractivity contribution in [3.8, 4) is 0 Å². The molecule has 2 aromatic rings. The number of nitrogens with one attached hydrogen (secondary N) is 2. The Bertz CT molecular complexity index is 1050. The van der Waals surface area contributed by atoms with Crippen LogP contribution in [0.25, 0.3) is 0 Å². The Labute approximate surface area is 207 Å². The fourth-order valence-electron chi connectivity index (χ4n) is 3.78.